The van der Waals surface area contributed by atoms with E-state index in [1.54, 1.807) is 0 Å². The molecule has 1 fully saturated rings. The molecule has 0 unspecified atom stereocenters. The molecule has 118 valence electrons. The predicted octanol–water partition coefficient (Wildman–Crippen LogP) is 4.11. The molecule has 0 aliphatic carbocycles. The van der Waals surface area contributed by atoms with Gasteiger partial charge >= 0.3 is 0 Å². The second kappa shape index (κ2) is 7.54. The molecule has 0 spiro atoms. The van der Waals surface area contributed by atoms with Crippen LogP contribution < -0.4 is 0 Å². The largest absolute Gasteiger partial charge is 0.339 e. The lowest BCUT2D eigenvalue weighted by Gasteiger charge is -2.30. The van der Waals surface area contributed by atoms with E-state index >= 15 is 0 Å². The second-order valence-electron chi connectivity index (χ2n) is 6.15. The lowest BCUT2D eigenvalue weighted by Crippen LogP contribution is -2.33. The topological polar surface area (TPSA) is 42.2 Å². The number of benzene rings is 1. The summed E-state index contributed by atoms with van der Waals surface area (Å²) in [5, 5.41) is 4.14. The van der Waals surface area contributed by atoms with E-state index in [-0.39, 0.29) is 0 Å². The van der Waals surface area contributed by atoms with Crippen molar-refractivity contribution in [2.45, 2.75) is 44.9 Å². The highest BCUT2D eigenvalue weighted by atomic mass is 16.5. The molecule has 1 aromatic carbocycles. The van der Waals surface area contributed by atoms with E-state index in [9.17, 15) is 0 Å². The van der Waals surface area contributed by atoms with Crippen molar-refractivity contribution >= 4 is 0 Å². The molecule has 0 atom stereocenters. The van der Waals surface area contributed by atoms with Crippen molar-refractivity contribution in [3.8, 4) is 11.4 Å². The zero-order valence-corrected chi connectivity index (χ0v) is 13.4. The number of unbranched alkanes of at least 4 members (excludes halogenated alkanes) is 2. The van der Waals surface area contributed by atoms with E-state index in [0.29, 0.717) is 11.7 Å². The Morgan fingerprint density at radius 3 is 2.64 bits per heavy atom. The SMILES string of the molecule is CCCCCN1CCC(c2nc(-c3ccccc3)no2)CC1. The monoisotopic (exact) mass is 299 g/mol. The number of hydrogen-bond donors (Lipinski definition) is 0. The number of likely N-dealkylation sites (tertiary alicyclic amines) is 1. The summed E-state index contributed by atoms with van der Waals surface area (Å²) >= 11 is 0. The van der Waals surface area contributed by atoms with E-state index in [2.05, 4.69) is 22.0 Å². The van der Waals surface area contributed by atoms with Gasteiger partial charge in [-0.1, -0.05) is 55.3 Å². The molecule has 0 saturated carbocycles. The van der Waals surface area contributed by atoms with Crippen molar-refractivity contribution in [3.05, 3.63) is 36.2 Å². The number of nitrogens with zero attached hydrogens (tertiary/aromatic N) is 3. The van der Waals surface area contributed by atoms with Crippen molar-refractivity contribution in [2.24, 2.45) is 0 Å². The van der Waals surface area contributed by atoms with Gasteiger partial charge < -0.3 is 9.42 Å². The Labute approximate surface area is 132 Å². The van der Waals surface area contributed by atoms with Gasteiger partial charge in [0.2, 0.25) is 11.7 Å². The van der Waals surface area contributed by atoms with Crippen LogP contribution in [-0.4, -0.2) is 34.7 Å². The fourth-order valence-electron chi connectivity index (χ4n) is 3.09. The van der Waals surface area contributed by atoms with Gasteiger partial charge in [0.15, 0.2) is 0 Å². The molecular formula is C18H25N3O. The van der Waals surface area contributed by atoms with Gasteiger partial charge in [0.1, 0.15) is 0 Å². The van der Waals surface area contributed by atoms with Crippen LogP contribution in [0.4, 0.5) is 0 Å². The van der Waals surface area contributed by atoms with Gasteiger partial charge in [-0.2, -0.15) is 4.98 Å². The standard InChI is InChI=1S/C18H25N3O/c1-2-3-7-12-21-13-10-16(11-14-21)18-19-17(20-22-18)15-8-5-4-6-9-15/h4-6,8-9,16H,2-3,7,10-14H2,1H3. The Bertz CT molecular complexity index is 559. The van der Waals surface area contributed by atoms with Gasteiger partial charge in [-0.05, 0) is 38.9 Å². The van der Waals surface area contributed by atoms with Gasteiger partial charge in [-0.3, -0.25) is 0 Å². The second-order valence-corrected chi connectivity index (χ2v) is 6.15. The number of piperidine rings is 1. The zero-order valence-electron chi connectivity index (χ0n) is 13.4. The Morgan fingerprint density at radius 1 is 1.14 bits per heavy atom. The summed E-state index contributed by atoms with van der Waals surface area (Å²) in [6.07, 6.45) is 6.20. The van der Waals surface area contributed by atoms with Crippen molar-refractivity contribution in [1.82, 2.24) is 15.0 Å². The van der Waals surface area contributed by atoms with Crippen molar-refractivity contribution in [1.29, 1.82) is 0 Å². The third-order valence-corrected chi connectivity index (χ3v) is 4.49. The van der Waals surface area contributed by atoms with Crippen LogP contribution in [0.3, 0.4) is 0 Å². The Hall–Kier alpha value is -1.68. The van der Waals surface area contributed by atoms with Gasteiger partial charge in [0.05, 0.1) is 0 Å². The summed E-state index contributed by atoms with van der Waals surface area (Å²) in [5.41, 5.74) is 1.02. The number of hydrogen-bond acceptors (Lipinski definition) is 4. The molecule has 1 saturated heterocycles. The lowest BCUT2D eigenvalue weighted by atomic mass is 9.96. The van der Waals surface area contributed by atoms with Crippen molar-refractivity contribution in [2.75, 3.05) is 19.6 Å². The maximum atomic E-state index is 5.51. The summed E-state index contributed by atoms with van der Waals surface area (Å²) in [6, 6.07) is 10.0. The summed E-state index contributed by atoms with van der Waals surface area (Å²) < 4.78 is 5.51. The minimum absolute atomic E-state index is 0.424. The summed E-state index contributed by atoms with van der Waals surface area (Å²) in [7, 11) is 0. The fraction of sp³-hybridized carbons (Fsp3) is 0.556. The van der Waals surface area contributed by atoms with Crippen LogP contribution in [0, 0.1) is 0 Å². The van der Waals surface area contributed by atoms with Crippen LogP contribution in [0.15, 0.2) is 34.9 Å². The Kier molecular flexibility index (Phi) is 5.22. The Morgan fingerprint density at radius 2 is 1.91 bits per heavy atom. The first-order chi connectivity index (χ1) is 10.9. The summed E-state index contributed by atoms with van der Waals surface area (Å²) in [4.78, 5) is 7.18. The highest BCUT2D eigenvalue weighted by Gasteiger charge is 2.25. The molecule has 3 rings (SSSR count). The zero-order chi connectivity index (χ0) is 15.2. The average molecular weight is 299 g/mol. The minimum Gasteiger partial charge on any atom is -0.339 e. The normalized spacial score (nSPS) is 17.0. The molecular weight excluding hydrogens is 274 g/mol. The highest BCUT2D eigenvalue weighted by molar-refractivity contribution is 5.53. The van der Waals surface area contributed by atoms with Crippen LogP contribution in [0.5, 0.6) is 0 Å². The smallest absolute Gasteiger partial charge is 0.230 e. The maximum absolute atomic E-state index is 5.51. The van der Waals surface area contributed by atoms with Crippen LogP contribution >= 0.6 is 0 Å². The van der Waals surface area contributed by atoms with Crippen LogP contribution in [0.2, 0.25) is 0 Å². The molecule has 2 heterocycles. The first kappa shape index (κ1) is 15.2. The molecule has 0 N–H and O–H groups in total. The van der Waals surface area contributed by atoms with Crippen molar-refractivity contribution < 1.29 is 4.52 Å². The van der Waals surface area contributed by atoms with E-state index < -0.39 is 0 Å². The molecule has 0 amide bonds. The molecule has 0 bridgehead atoms. The minimum atomic E-state index is 0.424. The van der Waals surface area contributed by atoms with Gasteiger partial charge in [-0.15, -0.1) is 0 Å². The van der Waals surface area contributed by atoms with Crippen LogP contribution in [-0.2, 0) is 0 Å². The molecule has 4 nitrogen and oxygen atoms in total. The number of aromatic nitrogens is 2. The molecule has 22 heavy (non-hydrogen) atoms. The Balaban J connectivity index is 1.55. The summed E-state index contributed by atoms with van der Waals surface area (Å²) in [5.74, 6) is 1.94. The predicted molar refractivity (Wildman–Crippen MR) is 87.7 cm³/mol. The van der Waals surface area contributed by atoms with Gasteiger partial charge in [0, 0.05) is 11.5 Å². The van der Waals surface area contributed by atoms with E-state index in [1.807, 2.05) is 30.3 Å². The van der Waals surface area contributed by atoms with E-state index in [4.69, 9.17) is 4.52 Å². The van der Waals surface area contributed by atoms with Crippen molar-refractivity contribution in [3.63, 3.8) is 0 Å². The first-order valence-electron chi connectivity index (χ1n) is 8.48. The van der Waals surface area contributed by atoms with Gasteiger partial charge in [0.25, 0.3) is 0 Å². The average Bonchev–Trinajstić information content (AvgIpc) is 3.07. The third-order valence-electron chi connectivity index (χ3n) is 4.49. The van der Waals surface area contributed by atoms with Crippen LogP contribution in [0.25, 0.3) is 11.4 Å². The molecule has 1 aliphatic rings. The number of rotatable bonds is 6. The van der Waals surface area contributed by atoms with E-state index in [1.165, 1.54) is 25.8 Å². The summed E-state index contributed by atoms with van der Waals surface area (Å²) in [6.45, 7) is 5.79. The maximum Gasteiger partial charge on any atom is 0.230 e. The molecule has 1 aromatic heterocycles. The molecule has 1 aliphatic heterocycles. The van der Waals surface area contributed by atoms with Crippen LogP contribution in [0.1, 0.15) is 50.8 Å². The quantitative estimate of drug-likeness (QED) is 0.753. The molecule has 4 heteroatoms. The third kappa shape index (κ3) is 3.74. The highest BCUT2D eigenvalue weighted by Crippen LogP contribution is 2.28. The lowest BCUT2D eigenvalue weighted by molar-refractivity contribution is 0.191. The van der Waals surface area contributed by atoms with Gasteiger partial charge in [-0.25, -0.2) is 0 Å². The van der Waals surface area contributed by atoms with E-state index in [0.717, 1.165) is 37.4 Å². The molecule has 0 radical (unpaired) electrons. The molecule has 2 aromatic rings. The first-order valence-corrected chi connectivity index (χ1v) is 8.48. The fourth-order valence-corrected chi connectivity index (χ4v) is 3.09.